The van der Waals surface area contributed by atoms with E-state index < -0.39 is 17.9 Å². The highest BCUT2D eigenvalue weighted by molar-refractivity contribution is 5.77. The van der Waals surface area contributed by atoms with Gasteiger partial charge in [-0.3, -0.25) is 4.79 Å². The first-order valence-electron chi connectivity index (χ1n) is 6.85. The molecule has 3 unspecified atom stereocenters. The average Bonchev–Trinajstić information content (AvgIpc) is 2.96. The molecular formula is C13H22N2O4. The summed E-state index contributed by atoms with van der Waals surface area (Å²) in [4.78, 5) is 24.9. The molecule has 6 nitrogen and oxygen atoms in total. The fourth-order valence-electron chi connectivity index (χ4n) is 2.71. The van der Waals surface area contributed by atoms with Crippen LogP contribution in [0.2, 0.25) is 0 Å². The van der Waals surface area contributed by atoms with Gasteiger partial charge in [0.15, 0.2) is 0 Å². The number of likely N-dealkylation sites (tertiary alicyclic amines) is 1. The highest BCUT2D eigenvalue weighted by Gasteiger charge is 2.37. The van der Waals surface area contributed by atoms with Crippen LogP contribution in [0.1, 0.15) is 20.3 Å². The molecule has 0 aromatic heterocycles. The summed E-state index contributed by atoms with van der Waals surface area (Å²) >= 11 is 0. The number of nitrogens with zero attached hydrogens (tertiary/aromatic N) is 1. The van der Waals surface area contributed by atoms with Crippen LogP contribution in [0.4, 0.5) is 4.79 Å². The molecule has 2 heterocycles. The first-order chi connectivity index (χ1) is 8.99. The predicted molar refractivity (Wildman–Crippen MR) is 68.8 cm³/mol. The molecule has 6 heteroatoms. The Bertz CT molecular complexity index is 359. The quantitative estimate of drug-likeness (QED) is 0.794. The number of rotatable bonds is 3. The van der Waals surface area contributed by atoms with E-state index in [1.807, 2.05) is 0 Å². The molecule has 0 bridgehead atoms. The number of aliphatic carboxylic acids is 1. The molecule has 2 rings (SSSR count). The smallest absolute Gasteiger partial charge is 0.317 e. The second-order valence-electron chi connectivity index (χ2n) is 5.78. The van der Waals surface area contributed by atoms with Crippen molar-refractivity contribution in [2.45, 2.75) is 26.3 Å². The van der Waals surface area contributed by atoms with E-state index in [0.717, 1.165) is 19.5 Å². The van der Waals surface area contributed by atoms with E-state index in [-0.39, 0.29) is 19.2 Å². The number of amides is 2. The maximum Gasteiger partial charge on any atom is 0.317 e. The number of urea groups is 1. The van der Waals surface area contributed by atoms with Crippen molar-refractivity contribution in [1.82, 2.24) is 10.2 Å². The highest BCUT2D eigenvalue weighted by Crippen LogP contribution is 2.24. The Balaban J connectivity index is 1.86. The third-order valence-corrected chi connectivity index (χ3v) is 4.16. The van der Waals surface area contributed by atoms with Gasteiger partial charge in [0.2, 0.25) is 0 Å². The van der Waals surface area contributed by atoms with E-state index in [0.29, 0.717) is 11.8 Å². The average molecular weight is 270 g/mol. The number of carbonyl (C=O) groups is 2. The largest absolute Gasteiger partial charge is 0.481 e. The van der Waals surface area contributed by atoms with Crippen LogP contribution in [-0.4, -0.2) is 54.4 Å². The zero-order valence-electron chi connectivity index (χ0n) is 11.5. The lowest BCUT2D eigenvalue weighted by Crippen LogP contribution is -2.48. The van der Waals surface area contributed by atoms with E-state index in [1.54, 1.807) is 4.90 Å². The maximum atomic E-state index is 12.1. The topological polar surface area (TPSA) is 78.9 Å². The van der Waals surface area contributed by atoms with Crippen molar-refractivity contribution in [3.8, 4) is 0 Å². The summed E-state index contributed by atoms with van der Waals surface area (Å²) in [5.74, 6) is -0.433. The Morgan fingerprint density at radius 1 is 1.37 bits per heavy atom. The summed E-state index contributed by atoms with van der Waals surface area (Å²) in [5, 5.41) is 11.8. The molecular weight excluding hydrogens is 248 g/mol. The summed E-state index contributed by atoms with van der Waals surface area (Å²) in [6.45, 7) is 6.29. The standard InChI is InChI=1S/C13H22N2O4/c1-8(2)9-3-4-15(5-9)13(18)14-11-7-19-6-10(11)12(16)17/h8-11H,3-7H2,1-2H3,(H,14,18)(H,16,17). The van der Waals surface area contributed by atoms with Crippen LogP contribution in [0, 0.1) is 17.8 Å². The van der Waals surface area contributed by atoms with Crippen molar-refractivity contribution in [2.24, 2.45) is 17.8 Å². The minimum Gasteiger partial charge on any atom is -0.481 e. The fraction of sp³-hybridized carbons (Fsp3) is 0.846. The van der Waals surface area contributed by atoms with Crippen molar-refractivity contribution in [2.75, 3.05) is 26.3 Å². The molecule has 3 atom stereocenters. The number of hydrogen-bond donors (Lipinski definition) is 2. The lowest BCUT2D eigenvalue weighted by molar-refractivity contribution is -0.142. The summed E-state index contributed by atoms with van der Waals surface area (Å²) in [7, 11) is 0. The van der Waals surface area contributed by atoms with E-state index in [2.05, 4.69) is 19.2 Å². The molecule has 0 saturated carbocycles. The highest BCUT2D eigenvalue weighted by atomic mass is 16.5. The van der Waals surface area contributed by atoms with Crippen LogP contribution >= 0.6 is 0 Å². The van der Waals surface area contributed by atoms with Crippen LogP contribution in [0.15, 0.2) is 0 Å². The molecule has 2 aliphatic heterocycles. The lowest BCUT2D eigenvalue weighted by atomic mass is 9.95. The van der Waals surface area contributed by atoms with Crippen LogP contribution in [0.25, 0.3) is 0 Å². The lowest BCUT2D eigenvalue weighted by Gasteiger charge is -2.22. The zero-order valence-corrected chi connectivity index (χ0v) is 11.5. The van der Waals surface area contributed by atoms with Crippen LogP contribution in [0.3, 0.4) is 0 Å². The van der Waals surface area contributed by atoms with E-state index >= 15 is 0 Å². The first-order valence-corrected chi connectivity index (χ1v) is 6.85. The van der Waals surface area contributed by atoms with Gasteiger partial charge < -0.3 is 20.1 Å². The Morgan fingerprint density at radius 2 is 2.11 bits per heavy atom. The Hall–Kier alpha value is -1.30. The SMILES string of the molecule is CC(C)C1CCN(C(=O)NC2COCC2C(=O)O)C1. The molecule has 2 N–H and O–H groups in total. The van der Waals surface area contributed by atoms with Gasteiger partial charge in [0.1, 0.15) is 5.92 Å². The van der Waals surface area contributed by atoms with Crippen molar-refractivity contribution in [3.63, 3.8) is 0 Å². The molecule has 0 radical (unpaired) electrons. The minimum atomic E-state index is -0.913. The Morgan fingerprint density at radius 3 is 2.68 bits per heavy atom. The van der Waals surface area contributed by atoms with Gasteiger partial charge in [-0.1, -0.05) is 13.8 Å². The molecule has 0 aromatic rings. The van der Waals surface area contributed by atoms with Gasteiger partial charge in [-0.05, 0) is 18.3 Å². The second-order valence-corrected chi connectivity index (χ2v) is 5.78. The zero-order chi connectivity index (χ0) is 14.0. The molecule has 19 heavy (non-hydrogen) atoms. The minimum absolute atomic E-state index is 0.162. The summed E-state index contributed by atoms with van der Waals surface area (Å²) in [6.07, 6.45) is 1.02. The summed E-state index contributed by atoms with van der Waals surface area (Å²) < 4.78 is 5.14. The molecule has 0 aromatic carbocycles. The van der Waals surface area contributed by atoms with Gasteiger partial charge in [0.25, 0.3) is 0 Å². The Kier molecular flexibility index (Phi) is 4.29. The summed E-state index contributed by atoms with van der Waals surface area (Å²) in [5.41, 5.74) is 0. The number of ether oxygens (including phenoxy) is 1. The van der Waals surface area contributed by atoms with Gasteiger partial charge in [0.05, 0.1) is 19.3 Å². The van der Waals surface area contributed by atoms with Gasteiger partial charge in [-0.15, -0.1) is 0 Å². The predicted octanol–water partition coefficient (Wildman–Crippen LogP) is 0.773. The third-order valence-electron chi connectivity index (χ3n) is 4.16. The summed E-state index contributed by atoms with van der Waals surface area (Å²) in [6, 6.07) is -0.576. The number of carboxylic acid groups (broad SMARTS) is 1. The number of carboxylic acids is 1. The van der Waals surface area contributed by atoms with Crippen molar-refractivity contribution < 1.29 is 19.4 Å². The maximum absolute atomic E-state index is 12.1. The Labute approximate surface area is 113 Å². The van der Waals surface area contributed by atoms with Crippen molar-refractivity contribution in [3.05, 3.63) is 0 Å². The van der Waals surface area contributed by atoms with Crippen LogP contribution in [0.5, 0.6) is 0 Å². The van der Waals surface area contributed by atoms with Gasteiger partial charge in [-0.2, -0.15) is 0 Å². The molecule has 2 amide bonds. The molecule has 2 fully saturated rings. The number of carbonyl (C=O) groups excluding carboxylic acids is 1. The molecule has 2 aliphatic rings. The molecule has 108 valence electrons. The van der Waals surface area contributed by atoms with Gasteiger partial charge >= 0.3 is 12.0 Å². The van der Waals surface area contributed by atoms with Crippen molar-refractivity contribution in [1.29, 1.82) is 0 Å². The normalized spacial score (nSPS) is 30.9. The fourth-order valence-corrected chi connectivity index (χ4v) is 2.71. The molecule has 2 saturated heterocycles. The van der Waals surface area contributed by atoms with Crippen molar-refractivity contribution >= 4 is 12.0 Å². The van der Waals surface area contributed by atoms with Gasteiger partial charge in [0, 0.05) is 13.1 Å². The first kappa shape index (κ1) is 14.1. The number of hydrogen-bond acceptors (Lipinski definition) is 3. The van der Waals surface area contributed by atoms with E-state index in [4.69, 9.17) is 9.84 Å². The van der Waals surface area contributed by atoms with E-state index in [9.17, 15) is 9.59 Å². The number of nitrogens with one attached hydrogen (secondary N) is 1. The molecule has 0 aliphatic carbocycles. The monoisotopic (exact) mass is 270 g/mol. The van der Waals surface area contributed by atoms with Crippen LogP contribution in [-0.2, 0) is 9.53 Å². The van der Waals surface area contributed by atoms with Crippen LogP contribution < -0.4 is 5.32 Å². The van der Waals surface area contributed by atoms with E-state index in [1.165, 1.54) is 0 Å². The van der Waals surface area contributed by atoms with Gasteiger partial charge in [-0.25, -0.2) is 4.79 Å². The molecule has 0 spiro atoms. The second kappa shape index (κ2) is 5.77. The third kappa shape index (κ3) is 3.18.